The summed E-state index contributed by atoms with van der Waals surface area (Å²) in [6, 6.07) is 0.891. The van der Waals surface area contributed by atoms with Crippen LogP contribution in [0.5, 0.6) is 0 Å². The van der Waals surface area contributed by atoms with Crippen LogP contribution in [-0.4, -0.2) is 28.8 Å². The van der Waals surface area contributed by atoms with Gasteiger partial charge in [0.2, 0.25) is 0 Å². The molecule has 0 heterocycles. The van der Waals surface area contributed by atoms with Gasteiger partial charge in [0.25, 0.3) is 0 Å². The molecule has 0 spiro atoms. The number of thiol groups is 1. The molecule has 0 amide bonds. The maximum atomic E-state index is 4.65. The van der Waals surface area contributed by atoms with Gasteiger partial charge >= 0.3 is 0 Å². The second kappa shape index (κ2) is 4.05. The molecular weight excluding hydrogens is 190 g/mol. The molecule has 2 heteroatoms. The van der Waals surface area contributed by atoms with Gasteiger partial charge in [0.1, 0.15) is 0 Å². The van der Waals surface area contributed by atoms with Gasteiger partial charge in [-0.25, -0.2) is 0 Å². The minimum atomic E-state index is 0.171. The molecule has 0 aliphatic heterocycles. The Kier molecular flexibility index (Phi) is 3.13. The summed E-state index contributed by atoms with van der Waals surface area (Å²) in [6.07, 6.45) is 7.23. The van der Waals surface area contributed by atoms with Crippen molar-refractivity contribution in [2.75, 3.05) is 13.1 Å². The van der Waals surface area contributed by atoms with Crippen LogP contribution in [-0.2, 0) is 0 Å². The van der Waals surface area contributed by atoms with Crippen molar-refractivity contribution in [2.45, 2.75) is 56.7 Å². The minimum absolute atomic E-state index is 0.171. The van der Waals surface area contributed by atoms with Crippen molar-refractivity contribution < 1.29 is 0 Å². The van der Waals surface area contributed by atoms with E-state index in [0.29, 0.717) is 0 Å². The van der Waals surface area contributed by atoms with Crippen LogP contribution in [0, 0.1) is 5.92 Å². The SMILES string of the molecule is CC(C)(S)CN(CC1CC1)C1CCC1. The van der Waals surface area contributed by atoms with Gasteiger partial charge in [0.15, 0.2) is 0 Å². The molecule has 0 aromatic heterocycles. The van der Waals surface area contributed by atoms with Gasteiger partial charge in [-0.3, -0.25) is 4.90 Å². The van der Waals surface area contributed by atoms with E-state index in [1.165, 1.54) is 38.6 Å². The van der Waals surface area contributed by atoms with Crippen molar-refractivity contribution in [1.82, 2.24) is 4.90 Å². The molecule has 2 saturated carbocycles. The summed E-state index contributed by atoms with van der Waals surface area (Å²) in [5, 5.41) is 0. The second-order valence-electron chi connectivity index (χ2n) is 5.77. The van der Waals surface area contributed by atoms with E-state index in [0.717, 1.165) is 18.5 Å². The zero-order valence-electron chi connectivity index (χ0n) is 9.50. The molecule has 0 aromatic rings. The highest BCUT2D eigenvalue weighted by molar-refractivity contribution is 7.81. The van der Waals surface area contributed by atoms with Crippen LogP contribution in [0.3, 0.4) is 0 Å². The second-order valence-corrected chi connectivity index (χ2v) is 6.98. The van der Waals surface area contributed by atoms with E-state index in [1.807, 2.05) is 0 Å². The fourth-order valence-corrected chi connectivity index (χ4v) is 2.41. The maximum absolute atomic E-state index is 4.65. The van der Waals surface area contributed by atoms with Crippen LogP contribution < -0.4 is 0 Å². The molecule has 0 bridgehead atoms. The predicted octanol–water partition coefficient (Wildman–Crippen LogP) is 2.96. The van der Waals surface area contributed by atoms with E-state index in [-0.39, 0.29) is 4.75 Å². The highest BCUT2D eigenvalue weighted by Gasteiger charge is 2.32. The first kappa shape index (κ1) is 10.8. The Balaban J connectivity index is 1.83. The minimum Gasteiger partial charge on any atom is -0.299 e. The summed E-state index contributed by atoms with van der Waals surface area (Å²) in [7, 11) is 0. The first-order chi connectivity index (χ1) is 6.54. The van der Waals surface area contributed by atoms with Crippen LogP contribution >= 0.6 is 12.6 Å². The summed E-state index contributed by atoms with van der Waals surface area (Å²) in [5.74, 6) is 1.02. The standard InChI is InChI=1S/C12H23NS/c1-12(2,14)9-13(8-10-6-7-10)11-4-3-5-11/h10-11,14H,3-9H2,1-2H3. The van der Waals surface area contributed by atoms with Gasteiger partial charge in [-0.05, 0) is 45.4 Å². The Morgan fingerprint density at radius 1 is 1.21 bits per heavy atom. The molecule has 0 atom stereocenters. The number of hydrogen-bond donors (Lipinski definition) is 1. The van der Waals surface area contributed by atoms with E-state index in [4.69, 9.17) is 0 Å². The molecule has 2 rings (SSSR count). The third-order valence-electron chi connectivity index (χ3n) is 3.37. The Morgan fingerprint density at radius 3 is 2.21 bits per heavy atom. The topological polar surface area (TPSA) is 3.24 Å². The van der Waals surface area contributed by atoms with Gasteiger partial charge in [-0.2, -0.15) is 12.6 Å². The zero-order valence-corrected chi connectivity index (χ0v) is 10.4. The smallest absolute Gasteiger partial charge is 0.0200 e. The van der Waals surface area contributed by atoms with E-state index in [2.05, 4.69) is 31.4 Å². The number of hydrogen-bond acceptors (Lipinski definition) is 2. The molecule has 1 nitrogen and oxygen atoms in total. The molecule has 0 aromatic carbocycles. The quantitative estimate of drug-likeness (QED) is 0.687. The number of nitrogens with zero attached hydrogens (tertiary/aromatic N) is 1. The van der Waals surface area contributed by atoms with Crippen LogP contribution in [0.2, 0.25) is 0 Å². The van der Waals surface area contributed by atoms with E-state index in [1.54, 1.807) is 0 Å². The average molecular weight is 213 g/mol. The van der Waals surface area contributed by atoms with Gasteiger partial charge in [0.05, 0.1) is 0 Å². The third kappa shape index (κ3) is 3.16. The normalized spacial score (nSPS) is 24.0. The Bertz CT molecular complexity index is 189. The summed E-state index contributed by atoms with van der Waals surface area (Å²) >= 11 is 4.65. The van der Waals surface area contributed by atoms with Crippen molar-refractivity contribution in [2.24, 2.45) is 5.92 Å². The summed E-state index contributed by atoms with van der Waals surface area (Å²) in [5.41, 5.74) is 0. The van der Waals surface area contributed by atoms with Gasteiger partial charge in [-0.15, -0.1) is 0 Å². The molecule has 0 unspecified atom stereocenters. The first-order valence-electron chi connectivity index (χ1n) is 6.01. The summed E-state index contributed by atoms with van der Waals surface area (Å²) in [4.78, 5) is 2.70. The lowest BCUT2D eigenvalue weighted by Crippen LogP contribution is -2.46. The van der Waals surface area contributed by atoms with Crippen molar-refractivity contribution in [3.63, 3.8) is 0 Å². The molecule has 2 aliphatic carbocycles. The lowest BCUT2D eigenvalue weighted by atomic mass is 9.90. The Hall–Kier alpha value is 0.310. The van der Waals surface area contributed by atoms with Crippen molar-refractivity contribution >= 4 is 12.6 Å². The van der Waals surface area contributed by atoms with Gasteiger partial charge in [0, 0.05) is 23.9 Å². The molecule has 82 valence electrons. The largest absolute Gasteiger partial charge is 0.299 e. The molecule has 0 N–H and O–H groups in total. The molecule has 0 radical (unpaired) electrons. The third-order valence-corrected chi connectivity index (χ3v) is 3.51. The van der Waals surface area contributed by atoms with Crippen molar-refractivity contribution in [1.29, 1.82) is 0 Å². The monoisotopic (exact) mass is 213 g/mol. The van der Waals surface area contributed by atoms with Gasteiger partial charge < -0.3 is 0 Å². The molecule has 2 aliphatic rings. The highest BCUT2D eigenvalue weighted by Crippen LogP contribution is 2.34. The molecule has 2 fully saturated rings. The van der Waals surface area contributed by atoms with Crippen molar-refractivity contribution in [3.8, 4) is 0 Å². The highest BCUT2D eigenvalue weighted by atomic mass is 32.1. The van der Waals surface area contributed by atoms with Crippen LogP contribution in [0.4, 0.5) is 0 Å². The summed E-state index contributed by atoms with van der Waals surface area (Å²) in [6.45, 7) is 6.97. The number of rotatable bonds is 5. The zero-order chi connectivity index (χ0) is 10.2. The van der Waals surface area contributed by atoms with E-state index in [9.17, 15) is 0 Å². The summed E-state index contributed by atoms with van der Waals surface area (Å²) < 4.78 is 0.171. The van der Waals surface area contributed by atoms with Gasteiger partial charge in [-0.1, -0.05) is 6.42 Å². The van der Waals surface area contributed by atoms with Crippen LogP contribution in [0.15, 0.2) is 0 Å². The first-order valence-corrected chi connectivity index (χ1v) is 6.46. The van der Waals surface area contributed by atoms with Crippen molar-refractivity contribution in [3.05, 3.63) is 0 Å². The van der Waals surface area contributed by atoms with Crippen LogP contribution in [0.1, 0.15) is 46.0 Å². The lowest BCUT2D eigenvalue weighted by Gasteiger charge is -2.40. The molecular formula is C12H23NS. The Labute approximate surface area is 93.7 Å². The Morgan fingerprint density at radius 2 is 1.86 bits per heavy atom. The maximum Gasteiger partial charge on any atom is 0.0200 e. The predicted molar refractivity (Wildman–Crippen MR) is 65.0 cm³/mol. The van der Waals surface area contributed by atoms with E-state index >= 15 is 0 Å². The molecule has 14 heavy (non-hydrogen) atoms. The lowest BCUT2D eigenvalue weighted by molar-refractivity contribution is 0.113. The average Bonchev–Trinajstić information content (AvgIpc) is 2.62. The van der Waals surface area contributed by atoms with Crippen LogP contribution in [0.25, 0.3) is 0 Å². The molecule has 0 saturated heterocycles. The fraction of sp³-hybridized carbons (Fsp3) is 1.00. The van der Waals surface area contributed by atoms with E-state index < -0.39 is 0 Å². The fourth-order valence-electron chi connectivity index (χ4n) is 2.22.